The summed E-state index contributed by atoms with van der Waals surface area (Å²) in [5, 5.41) is 11.1. The number of aryl methyl sites for hydroxylation is 2. The second kappa shape index (κ2) is 11.8. The number of aromatic nitrogens is 2. The van der Waals surface area contributed by atoms with Gasteiger partial charge >= 0.3 is 5.97 Å². The summed E-state index contributed by atoms with van der Waals surface area (Å²) >= 11 is 0. The SMILES string of the molecule is C[N+](C)(C)CCCc1cc(-c2ccccc2)[nH]c1/C=c1\[nH]/c(=C/CC(=O)O)cc1CCC[N+](C)(C)C. The predicted octanol–water partition coefficient (Wildman–Crippen LogP) is 3.37. The van der Waals surface area contributed by atoms with E-state index in [1.807, 2.05) is 6.07 Å². The molecule has 0 amide bonds. The minimum atomic E-state index is -0.821. The molecule has 0 fully saturated rings. The van der Waals surface area contributed by atoms with Gasteiger partial charge in [0.1, 0.15) is 0 Å². The highest BCUT2D eigenvalue weighted by molar-refractivity contribution is 5.73. The zero-order valence-corrected chi connectivity index (χ0v) is 22.9. The monoisotopic (exact) mass is 492 g/mol. The topological polar surface area (TPSA) is 68.9 Å². The lowest BCUT2D eigenvalue weighted by Gasteiger charge is -2.23. The fourth-order valence-corrected chi connectivity index (χ4v) is 4.43. The third-order valence-electron chi connectivity index (χ3n) is 6.31. The van der Waals surface area contributed by atoms with E-state index < -0.39 is 5.97 Å². The van der Waals surface area contributed by atoms with Crippen LogP contribution in [0.15, 0.2) is 42.5 Å². The normalized spacial score (nSPS) is 13.5. The van der Waals surface area contributed by atoms with E-state index in [1.165, 1.54) is 16.7 Å². The van der Waals surface area contributed by atoms with Gasteiger partial charge < -0.3 is 24.0 Å². The van der Waals surface area contributed by atoms with E-state index in [4.69, 9.17) is 5.11 Å². The van der Waals surface area contributed by atoms with Crippen molar-refractivity contribution in [2.24, 2.45) is 0 Å². The number of aliphatic carboxylic acids is 1. The first-order valence-electron chi connectivity index (χ1n) is 12.9. The molecule has 0 aliphatic rings. The van der Waals surface area contributed by atoms with Crippen molar-refractivity contribution in [3.8, 4) is 11.3 Å². The summed E-state index contributed by atoms with van der Waals surface area (Å²) in [5.74, 6) is -0.821. The Morgan fingerprint density at radius 2 is 1.47 bits per heavy atom. The number of hydrogen-bond acceptors (Lipinski definition) is 1. The number of aromatic amines is 2. The molecule has 0 spiro atoms. The number of H-pyrrole nitrogens is 2. The van der Waals surface area contributed by atoms with E-state index in [1.54, 1.807) is 6.08 Å². The molecule has 2 aromatic heterocycles. The molecule has 0 atom stereocenters. The highest BCUT2D eigenvalue weighted by Gasteiger charge is 2.13. The van der Waals surface area contributed by atoms with Gasteiger partial charge in [-0.05, 0) is 53.8 Å². The second-order valence-corrected chi connectivity index (χ2v) is 11.8. The summed E-state index contributed by atoms with van der Waals surface area (Å²) in [4.78, 5) is 18.3. The molecule has 0 aliphatic heterocycles. The molecular formula is C30H44N4O2+2. The van der Waals surface area contributed by atoms with Crippen molar-refractivity contribution in [1.29, 1.82) is 0 Å². The average molecular weight is 493 g/mol. The van der Waals surface area contributed by atoms with Crippen LogP contribution in [0.25, 0.3) is 23.4 Å². The summed E-state index contributed by atoms with van der Waals surface area (Å²) in [6, 6.07) is 14.8. The van der Waals surface area contributed by atoms with Crippen LogP contribution < -0.4 is 10.7 Å². The molecule has 6 nitrogen and oxygen atoms in total. The van der Waals surface area contributed by atoms with Gasteiger partial charge in [-0.1, -0.05) is 30.3 Å². The Morgan fingerprint density at radius 1 is 0.861 bits per heavy atom. The van der Waals surface area contributed by atoms with Crippen LogP contribution in [-0.4, -0.2) is 85.4 Å². The fourth-order valence-electron chi connectivity index (χ4n) is 4.43. The Labute approximate surface area is 215 Å². The minimum Gasteiger partial charge on any atom is -0.481 e. The van der Waals surface area contributed by atoms with Crippen molar-refractivity contribution in [1.82, 2.24) is 9.97 Å². The van der Waals surface area contributed by atoms with Crippen molar-refractivity contribution in [3.63, 3.8) is 0 Å². The van der Waals surface area contributed by atoms with Crippen LogP contribution in [0.5, 0.6) is 0 Å². The Morgan fingerprint density at radius 3 is 2.06 bits per heavy atom. The maximum Gasteiger partial charge on any atom is 0.307 e. The molecule has 194 valence electrons. The summed E-state index contributed by atoms with van der Waals surface area (Å²) in [7, 11) is 13.3. The van der Waals surface area contributed by atoms with Crippen LogP contribution >= 0.6 is 0 Å². The smallest absolute Gasteiger partial charge is 0.307 e. The molecule has 0 aliphatic carbocycles. The molecule has 1 aromatic carbocycles. The summed E-state index contributed by atoms with van der Waals surface area (Å²) in [6.45, 7) is 2.19. The van der Waals surface area contributed by atoms with Crippen LogP contribution in [0.1, 0.15) is 36.1 Å². The van der Waals surface area contributed by atoms with E-state index >= 15 is 0 Å². The van der Waals surface area contributed by atoms with Crippen LogP contribution in [-0.2, 0) is 17.6 Å². The first-order valence-corrected chi connectivity index (χ1v) is 12.9. The summed E-state index contributed by atoms with van der Waals surface area (Å²) in [5.41, 5.74) is 5.96. The predicted molar refractivity (Wildman–Crippen MR) is 149 cm³/mol. The number of hydrogen-bond donors (Lipinski definition) is 3. The maximum absolute atomic E-state index is 11.1. The molecule has 3 N–H and O–H groups in total. The van der Waals surface area contributed by atoms with E-state index in [9.17, 15) is 4.79 Å². The number of nitrogens with one attached hydrogen (secondary N) is 2. The molecule has 36 heavy (non-hydrogen) atoms. The van der Waals surface area contributed by atoms with Crippen molar-refractivity contribution in [2.45, 2.75) is 32.1 Å². The number of benzene rings is 1. The standard InChI is InChI=1S/C30H43N4O2/c1-33(2,3)18-10-14-24-20-26(16-17-30(35)36)31-28(24)22-29-25(15-11-19-34(4,5)6)21-27(32-29)23-12-8-7-9-13-23/h7-9,12-13,16,20-22,31-32H,10-11,14-15,17-19H2,1-6H3/q+1/p+1/b26-16+,28-22-. The molecule has 2 heterocycles. The second-order valence-electron chi connectivity index (χ2n) is 11.8. The van der Waals surface area contributed by atoms with Crippen LogP contribution in [0.3, 0.4) is 0 Å². The van der Waals surface area contributed by atoms with Gasteiger partial charge in [0.05, 0.1) is 61.8 Å². The maximum atomic E-state index is 11.1. The van der Waals surface area contributed by atoms with Crippen molar-refractivity contribution >= 4 is 18.1 Å². The van der Waals surface area contributed by atoms with Crippen LogP contribution in [0.4, 0.5) is 0 Å². The Bertz CT molecular complexity index is 1250. The first-order chi connectivity index (χ1) is 16.9. The van der Waals surface area contributed by atoms with Gasteiger partial charge in [0.25, 0.3) is 0 Å². The number of carboxylic acid groups (broad SMARTS) is 1. The highest BCUT2D eigenvalue weighted by atomic mass is 16.4. The quantitative estimate of drug-likeness (QED) is 0.339. The number of quaternary nitrogens is 2. The lowest BCUT2D eigenvalue weighted by molar-refractivity contribution is -0.870. The van der Waals surface area contributed by atoms with E-state index in [-0.39, 0.29) is 6.42 Å². The number of rotatable bonds is 12. The molecule has 0 unspecified atom stereocenters. The first kappa shape index (κ1) is 27.5. The minimum absolute atomic E-state index is 0.00916. The third-order valence-corrected chi connectivity index (χ3v) is 6.31. The molecule has 6 heteroatoms. The van der Waals surface area contributed by atoms with Crippen molar-refractivity contribution in [3.05, 3.63) is 70.0 Å². The Hall–Kier alpha value is -3.09. The number of nitrogens with zero attached hydrogens (tertiary/aromatic N) is 2. The van der Waals surface area contributed by atoms with Gasteiger partial charge in [-0.2, -0.15) is 0 Å². The van der Waals surface area contributed by atoms with Gasteiger partial charge in [-0.15, -0.1) is 0 Å². The van der Waals surface area contributed by atoms with Crippen LogP contribution in [0.2, 0.25) is 0 Å². The molecule has 0 radical (unpaired) electrons. The lowest BCUT2D eigenvalue weighted by Crippen LogP contribution is -2.35. The molecular weight excluding hydrogens is 448 g/mol. The number of carbonyl (C=O) groups is 1. The molecule has 0 bridgehead atoms. The fraction of sp³-hybridized carbons (Fsp3) is 0.433. The van der Waals surface area contributed by atoms with Gasteiger partial charge in [-0.3, -0.25) is 4.79 Å². The Kier molecular flexibility index (Phi) is 8.98. The van der Waals surface area contributed by atoms with Gasteiger partial charge in [0.15, 0.2) is 0 Å². The zero-order valence-electron chi connectivity index (χ0n) is 22.9. The lowest BCUT2D eigenvalue weighted by atomic mass is 10.1. The molecule has 3 aromatic rings. The van der Waals surface area contributed by atoms with Gasteiger partial charge in [0.2, 0.25) is 0 Å². The zero-order chi connectivity index (χ0) is 26.3. The van der Waals surface area contributed by atoms with Crippen molar-refractivity contribution in [2.75, 3.05) is 55.4 Å². The Balaban J connectivity index is 2.01. The van der Waals surface area contributed by atoms with E-state index in [0.717, 1.165) is 69.8 Å². The van der Waals surface area contributed by atoms with Crippen molar-refractivity contribution < 1.29 is 18.9 Å². The highest BCUT2D eigenvalue weighted by Crippen LogP contribution is 2.23. The third kappa shape index (κ3) is 8.85. The van der Waals surface area contributed by atoms with E-state index in [2.05, 4.69) is 94.7 Å². The van der Waals surface area contributed by atoms with Gasteiger partial charge in [0, 0.05) is 34.9 Å². The largest absolute Gasteiger partial charge is 0.481 e. The number of carboxylic acids is 1. The molecule has 3 rings (SSSR count). The molecule has 0 saturated heterocycles. The summed E-state index contributed by atoms with van der Waals surface area (Å²) < 4.78 is 1.87. The summed E-state index contributed by atoms with van der Waals surface area (Å²) in [6.07, 6.45) is 8.10. The van der Waals surface area contributed by atoms with Crippen LogP contribution in [0, 0.1) is 0 Å². The van der Waals surface area contributed by atoms with E-state index in [0.29, 0.717) is 0 Å². The van der Waals surface area contributed by atoms with Gasteiger partial charge in [-0.25, -0.2) is 0 Å². The average Bonchev–Trinajstić information content (AvgIpc) is 3.35. The molecule has 0 saturated carbocycles.